The number of rotatable bonds is 20. The molecule has 2 unspecified atom stereocenters. The molecule has 5 rings (SSSR count). The minimum absolute atomic E-state index is 0.00348. The highest BCUT2D eigenvalue weighted by Crippen LogP contribution is 2.51. The van der Waals surface area contributed by atoms with Gasteiger partial charge in [0.1, 0.15) is 35.4 Å². The first-order valence-electron chi connectivity index (χ1n) is 18.8. The summed E-state index contributed by atoms with van der Waals surface area (Å²) in [6.07, 6.45) is -2.40. The molecule has 0 saturated carbocycles. The number of aromatic amines is 1. The van der Waals surface area contributed by atoms with Crippen LogP contribution >= 0.6 is 8.53 Å². The van der Waals surface area contributed by atoms with Gasteiger partial charge in [-0.25, -0.2) is 9.46 Å². The zero-order chi connectivity index (χ0) is 41.0. The number of nitrogens with zero attached hydrogens (tertiary/aromatic N) is 4. The summed E-state index contributed by atoms with van der Waals surface area (Å²) >= 11 is 0. The summed E-state index contributed by atoms with van der Waals surface area (Å²) in [7, 11) is 1.36. The van der Waals surface area contributed by atoms with E-state index in [-0.39, 0.29) is 44.7 Å². The SMILES string of the molecule is COc1ccc(C(OC[C@H]2O[C@@H](n3ccc(=O)[nH]c3=O)[C@@H](OCCC#N)C2OP(OCCC#N)N(C(C)C)C(C)C)(c2ccccc2)c2ccc(OC)cc2)cc1. The lowest BCUT2D eigenvalue weighted by Gasteiger charge is -2.39. The van der Waals surface area contributed by atoms with Crippen LogP contribution in [0.1, 0.15) is 63.5 Å². The maximum Gasteiger partial charge on any atom is 0.330 e. The normalized spacial score (nSPS) is 18.7. The zero-order valence-electron chi connectivity index (χ0n) is 33.1. The number of nitrogens with one attached hydrogen (secondary N) is 1. The highest BCUT2D eigenvalue weighted by molar-refractivity contribution is 7.44. The Morgan fingerprint density at radius 1 is 0.807 bits per heavy atom. The van der Waals surface area contributed by atoms with E-state index in [1.807, 2.05) is 107 Å². The minimum atomic E-state index is -1.85. The molecule has 1 N–H and O–H groups in total. The monoisotopic (exact) mass is 799 g/mol. The second-order valence-electron chi connectivity index (χ2n) is 13.8. The summed E-state index contributed by atoms with van der Waals surface area (Å²) in [5.74, 6) is 1.33. The summed E-state index contributed by atoms with van der Waals surface area (Å²) < 4.78 is 48.1. The van der Waals surface area contributed by atoms with E-state index in [1.165, 1.54) is 16.8 Å². The summed E-state index contributed by atoms with van der Waals surface area (Å²) in [5.41, 5.74) is -0.117. The molecule has 0 radical (unpaired) electrons. The van der Waals surface area contributed by atoms with E-state index >= 15 is 0 Å². The van der Waals surface area contributed by atoms with Gasteiger partial charge in [0.05, 0.1) is 59.0 Å². The summed E-state index contributed by atoms with van der Waals surface area (Å²) in [4.78, 5) is 27.8. The Labute approximate surface area is 334 Å². The number of H-pyrrole nitrogens is 1. The fraction of sp³-hybridized carbons (Fsp3) is 0.429. The van der Waals surface area contributed by atoms with Crippen LogP contribution < -0.4 is 20.7 Å². The van der Waals surface area contributed by atoms with Crippen LogP contribution in [0.3, 0.4) is 0 Å². The van der Waals surface area contributed by atoms with Crippen LogP contribution in [0.4, 0.5) is 0 Å². The first-order valence-corrected chi connectivity index (χ1v) is 19.9. The quantitative estimate of drug-likeness (QED) is 0.0592. The molecule has 0 bridgehead atoms. The van der Waals surface area contributed by atoms with Gasteiger partial charge in [-0.15, -0.1) is 0 Å². The van der Waals surface area contributed by atoms with E-state index < -0.39 is 49.9 Å². The maximum atomic E-state index is 13.3. The Morgan fingerprint density at radius 2 is 1.37 bits per heavy atom. The Hall–Kier alpha value is -4.89. The van der Waals surface area contributed by atoms with Gasteiger partial charge >= 0.3 is 5.69 Å². The van der Waals surface area contributed by atoms with Crippen LogP contribution in [0.15, 0.2) is 101 Å². The van der Waals surface area contributed by atoms with Gasteiger partial charge in [-0.2, -0.15) is 10.5 Å². The Bertz CT molecular complexity index is 2010. The number of methoxy groups -OCH3 is 2. The van der Waals surface area contributed by atoms with Crippen molar-refractivity contribution in [2.45, 2.75) is 82.8 Å². The van der Waals surface area contributed by atoms with Crippen LogP contribution in [0.5, 0.6) is 11.5 Å². The fourth-order valence-electron chi connectivity index (χ4n) is 6.92. The average Bonchev–Trinajstić information content (AvgIpc) is 3.54. The third-order valence-electron chi connectivity index (χ3n) is 9.45. The van der Waals surface area contributed by atoms with E-state index in [2.05, 4.69) is 21.8 Å². The number of aromatic nitrogens is 2. The number of nitriles is 2. The second kappa shape index (κ2) is 20.5. The standard InChI is InChI=1S/C42H50N5O9P/c1-29(2)47(30(3)4)57(54-27-11-24-44)56-38-36(55-40(39(38)52-26-10-23-43)46-25-22-37(48)45-41(46)49)28-53-42(31-12-8-7-9-13-31,32-14-18-34(50-5)19-15-32)33-16-20-35(51-6)21-17-33/h7-9,12-22,25,29-30,36,38-40H,10-11,26-28H2,1-6H3,(H,45,48,49)/t36-,38?,39+,40-,57?/m1/s1. The van der Waals surface area contributed by atoms with E-state index in [9.17, 15) is 20.1 Å². The number of ether oxygens (including phenoxy) is 5. The number of hydrogen-bond donors (Lipinski definition) is 1. The predicted molar refractivity (Wildman–Crippen MR) is 214 cm³/mol. The molecular formula is C42H50N5O9P. The molecule has 3 aromatic carbocycles. The molecule has 15 heteroatoms. The van der Waals surface area contributed by atoms with Crippen molar-refractivity contribution in [2.75, 3.05) is 34.0 Å². The van der Waals surface area contributed by atoms with Crippen molar-refractivity contribution in [1.29, 1.82) is 10.5 Å². The molecule has 0 amide bonds. The van der Waals surface area contributed by atoms with Crippen molar-refractivity contribution in [3.63, 3.8) is 0 Å². The lowest BCUT2D eigenvalue weighted by Crippen LogP contribution is -2.43. The van der Waals surface area contributed by atoms with Crippen molar-refractivity contribution in [2.24, 2.45) is 0 Å². The zero-order valence-corrected chi connectivity index (χ0v) is 34.0. The molecule has 1 saturated heterocycles. The van der Waals surface area contributed by atoms with Gasteiger partial charge in [-0.1, -0.05) is 54.6 Å². The molecule has 302 valence electrons. The molecule has 5 atom stereocenters. The van der Waals surface area contributed by atoms with Crippen LogP contribution in [-0.4, -0.2) is 78.7 Å². The van der Waals surface area contributed by atoms with Gasteiger partial charge in [-0.3, -0.25) is 14.3 Å². The number of hydrogen-bond acceptors (Lipinski definition) is 12. The molecular weight excluding hydrogens is 749 g/mol. The number of benzene rings is 3. The molecule has 57 heavy (non-hydrogen) atoms. The van der Waals surface area contributed by atoms with Gasteiger partial charge in [0, 0.05) is 24.3 Å². The van der Waals surface area contributed by atoms with Crippen LogP contribution in [0.2, 0.25) is 0 Å². The van der Waals surface area contributed by atoms with Crippen molar-refractivity contribution < 1.29 is 32.7 Å². The summed E-state index contributed by atoms with van der Waals surface area (Å²) in [6.45, 7) is 8.12. The Kier molecular flexibility index (Phi) is 15.6. The van der Waals surface area contributed by atoms with E-state index in [0.29, 0.717) is 11.5 Å². The molecule has 0 aliphatic carbocycles. The average molecular weight is 800 g/mol. The third kappa shape index (κ3) is 10.2. The summed E-state index contributed by atoms with van der Waals surface area (Å²) in [6, 6.07) is 30.4. The van der Waals surface area contributed by atoms with Crippen LogP contribution in [-0.2, 0) is 28.9 Å². The van der Waals surface area contributed by atoms with Crippen LogP contribution in [0.25, 0.3) is 0 Å². The van der Waals surface area contributed by atoms with Gasteiger partial charge in [0.15, 0.2) is 6.23 Å². The molecule has 1 aromatic heterocycles. The topological polar surface area (TPSA) is 170 Å². The first kappa shape index (κ1) is 43.2. The van der Waals surface area contributed by atoms with Crippen molar-refractivity contribution in [3.05, 3.63) is 129 Å². The molecule has 14 nitrogen and oxygen atoms in total. The largest absolute Gasteiger partial charge is 0.497 e. The second-order valence-corrected chi connectivity index (χ2v) is 15.2. The minimum Gasteiger partial charge on any atom is -0.497 e. The smallest absolute Gasteiger partial charge is 0.330 e. The van der Waals surface area contributed by atoms with Gasteiger partial charge in [0.25, 0.3) is 14.1 Å². The third-order valence-corrected chi connectivity index (χ3v) is 11.6. The lowest BCUT2D eigenvalue weighted by atomic mass is 9.80. The lowest BCUT2D eigenvalue weighted by molar-refractivity contribution is -0.0974. The molecule has 1 aliphatic rings. The van der Waals surface area contributed by atoms with E-state index in [4.69, 9.17) is 32.7 Å². The van der Waals surface area contributed by atoms with E-state index in [0.717, 1.165) is 16.7 Å². The Balaban J connectivity index is 1.68. The molecule has 4 aromatic rings. The highest BCUT2D eigenvalue weighted by Gasteiger charge is 2.51. The molecule has 1 fully saturated rings. The Morgan fingerprint density at radius 3 is 1.89 bits per heavy atom. The highest BCUT2D eigenvalue weighted by atomic mass is 31.2. The predicted octanol–water partition coefficient (Wildman–Crippen LogP) is 6.42. The van der Waals surface area contributed by atoms with Crippen molar-refractivity contribution in [3.8, 4) is 23.6 Å². The molecule has 0 spiro atoms. The van der Waals surface area contributed by atoms with Gasteiger partial charge < -0.3 is 32.7 Å². The molecule has 1 aliphatic heterocycles. The van der Waals surface area contributed by atoms with Crippen molar-refractivity contribution in [1.82, 2.24) is 14.2 Å². The summed E-state index contributed by atoms with van der Waals surface area (Å²) in [5, 5.41) is 18.9. The fourth-order valence-corrected chi connectivity index (χ4v) is 8.69. The van der Waals surface area contributed by atoms with E-state index in [1.54, 1.807) is 14.2 Å². The van der Waals surface area contributed by atoms with Gasteiger partial charge in [-0.05, 0) is 68.7 Å². The van der Waals surface area contributed by atoms with Crippen molar-refractivity contribution >= 4 is 8.53 Å². The van der Waals surface area contributed by atoms with Gasteiger partial charge in [0.2, 0.25) is 0 Å². The first-order chi connectivity index (χ1) is 27.6. The van der Waals surface area contributed by atoms with Crippen LogP contribution in [0, 0.1) is 22.7 Å². The maximum absolute atomic E-state index is 13.3. The molecule has 2 heterocycles.